The normalized spacial score (nSPS) is 14.8. The molecule has 1 aliphatic carbocycles. The molecule has 1 saturated carbocycles. The van der Waals surface area contributed by atoms with Crippen molar-refractivity contribution in [2.75, 3.05) is 25.6 Å². The second-order valence-electron chi connectivity index (χ2n) is 6.41. The molecule has 0 heterocycles. The van der Waals surface area contributed by atoms with E-state index in [2.05, 4.69) is 10.6 Å². The first-order chi connectivity index (χ1) is 12.2. The molecule has 2 N–H and O–H groups in total. The van der Waals surface area contributed by atoms with E-state index in [0.717, 1.165) is 17.9 Å². The molecule has 6 heteroatoms. The van der Waals surface area contributed by atoms with Crippen LogP contribution in [0, 0.1) is 5.92 Å². The number of nitrogens with one attached hydrogen (secondary N) is 2. The van der Waals surface area contributed by atoms with Crippen molar-refractivity contribution in [2.24, 2.45) is 5.92 Å². The molecule has 0 aliphatic heterocycles. The highest BCUT2D eigenvalue weighted by Crippen LogP contribution is 2.27. The zero-order valence-corrected chi connectivity index (χ0v) is 15.7. The molecule has 0 aromatic heterocycles. The lowest BCUT2D eigenvalue weighted by Crippen LogP contribution is -2.34. The quantitative estimate of drug-likeness (QED) is 0.541. The minimum absolute atomic E-state index is 0.0180. The van der Waals surface area contributed by atoms with Gasteiger partial charge >= 0.3 is 0 Å². The van der Waals surface area contributed by atoms with Crippen molar-refractivity contribution in [2.45, 2.75) is 44.9 Å². The number of methoxy groups -OCH3 is 1. The van der Waals surface area contributed by atoms with Gasteiger partial charge in [0.1, 0.15) is 12.4 Å². The van der Waals surface area contributed by atoms with E-state index in [1.807, 2.05) is 24.3 Å². The first-order valence-corrected chi connectivity index (χ1v) is 9.41. The number of thiocarbonyl (C=S) groups is 1. The Kier molecular flexibility index (Phi) is 8.69. The summed E-state index contributed by atoms with van der Waals surface area (Å²) in [5.41, 5.74) is 0.785. The molecule has 0 radical (unpaired) electrons. The molecule has 0 bridgehead atoms. The van der Waals surface area contributed by atoms with Gasteiger partial charge in [0, 0.05) is 25.3 Å². The van der Waals surface area contributed by atoms with Gasteiger partial charge in [-0.15, -0.1) is 0 Å². The van der Waals surface area contributed by atoms with Gasteiger partial charge in [-0.2, -0.15) is 0 Å². The van der Waals surface area contributed by atoms with Crippen LogP contribution in [0.25, 0.3) is 0 Å². The van der Waals surface area contributed by atoms with E-state index in [4.69, 9.17) is 21.7 Å². The smallest absolute Gasteiger partial charge is 0.226 e. The highest BCUT2D eigenvalue weighted by molar-refractivity contribution is 7.80. The van der Waals surface area contributed by atoms with E-state index in [-0.39, 0.29) is 5.91 Å². The molecule has 1 aliphatic rings. The van der Waals surface area contributed by atoms with Crippen molar-refractivity contribution < 1.29 is 14.3 Å². The monoisotopic (exact) mass is 364 g/mol. The van der Waals surface area contributed by atoms with Crippen LogP contribution in [0.15, 0.2) is 24.3 Å². The maximum absolute atomic E-state index is 12.1. The second-order valence-corrected chi connectivity index (χ2v) is 6.82. The fourth-order valence-electron chi connectivity index (χ4n) is 3.07. The summed E-state index contributed by atoms with van der Waals surface area (Å²) in [7, 11) is 1.64. The third-order valence-electron chi connectivity index (χ3n) is 4.41. The number of carbonyl (C=O) groups excluding carboxylic acids is 1. The first-order valence-electron chi connectivity index (χ1n) is 9.00. The number of benzene rings is 1. The van der Waals surface area contributed by atoms with Crippen LogP contribution in [0.3, 0.4) is 0 Å². The molecule has 0 spiro atoms. The first kappa shape index (κ1) is 19.7. The molecule has 0 unspecified atom stereocenters. The molecular weight excluding hydrogens is 336 g/mol. The van der Waals surface area contributed by atoms with Gasteiger partial charge in [0.25, 0.3) is 0 Å². The van der Waals surface area contributed by atoms with E-state index in [1.165, 1.54) is 32.1 Å². The van der Waals surface area contributed by atoms with E-state index < -0.39 is 0 Å². The van der Waals surface area contributed by atoms with Gasteiger partial charge in [-0.1, -0.05) is 38.2 Å². The molecule has 5 nitrogen and oxygen atoms in total. The Morgan fingerprint density at radius 2 is 2.04 bits per heavy atom. The van der Waals surface area contributed by atoms with Crippen LogP contribution in [-0.4, -0.2) is 31.3 Å². The van der Waals surface area contributed by atoms with Crippen molar-refractivity contribution in [1.29, 1.82) is 0 Å². The largest absolute Gasteiger partial charge is 0.491 e. The van der Waals surface area contributed by atoms with Gasteiger partial charge in [-0.25, -0.2) is 0 Å². The van der Waals surface area contributed by atoms with Crippen LogP contribution < -0.4 is 15.4 Å². The van der Waals surface area contributed by atoms with Gasteiger partial charge in [0.2, 0.25) is 5.91 Å². The summed E-state index contributed by atoms with van der Waals surface area (Å²) in [4.78, 5) is 12.1. The number of amides is 1. The SMILES string of the molecule is COCCOc1cccc(NC(=S)NC(=O)CCC2CCCCC2)c1. The lowest BCUT2D eigenvalue weighted by atomic mass is 9.86. The third kappa shape index (κ3) is 7.84. The number of carbonyl (C=O) groups is 1. The van der Waals surface area contributed by atoms with E-state index in [9.17, 15) is 4.79 Å². The number of rotatable bonds is 8. The predicted octanol–water partition coefficient (Wildman–Crippen LogP) is 3.89. The Balaban J connectivity index is 1.71. The van der Waals surface area contributed by atoms with Crippen molar-refractivity contribution in [3.8, 4) is 5.75 Å². The Morgan fingerprint density at radius 1 is 1.24 bits per heavy atom. The maximum Gasteiger partial charge on any atom is 0.226 e. The minimum atomic E-state index is -0.0180. The molecular formula is C19H28N2O3S. The van der Waals surface area contributed by atoms with Crippen LogP contribution >= 0.6 is 12.2 Å². The summed E-state index contributed by atoms with van der Waals surface area (Å²) in [6.07, 6.45) is 7.94. The van der Waals surface area contributed by atoms with Gasteiger partial charge in [0.05, 0.1) is 6.61 Å². The lowest BCUT2D eigenvalue weighted by molar-refractivity contribution is -0.120. The molecule has 2 rings (SSSR count). The van der Waals surface area contributed by atoms with Gasteiger partial charge in [-0.05, 0) is 36.7 Å². The number of anilines is 1. The van der Waals surface area contributed by atoms with Gasteiger partial charge in [-0.3, -0.25) is 4.79 Å². The molecule has 1 aromatic carbocycles. The van der Waals surface area contributed by atoms with E-state index in [1.54, 1.807) is 7.11 Å². The zero-order valence-electron chi connectivity index (χ0n) is 14.9. The zero-order chi connectivity index (χ0) is 17.9. The lowest BCUT2D eigenvalue weighted by Gasteiger charge is -2.21. The highest BCUT2D eigenvalue weighted by Gasteiger charge is 2.15. The standard InChI is InChI=1S/C19H28N2O3S/c1-23-12-13-24-17-9-5-8-16(14-17)20-19(25)21-18(22)11-10-15-6-3-2-4-7-15/h5,8-9,14-15H,2-4,6-7,10-13H2,1H3,(H2,20,21,22,25). The number of hydrogen-bond donors (Lipinski definition) is 2. The van der Waals surface area contributed by atoms with Crippen molar-refractivity contribution >= 4 is 28.9 Å². The van der Waals surface area contributed by atoms with Crippen molar-refractivity contribution in [3.63, 3.8) is 0 Å². The molecule has 1 amide bonds. The Bertz CT molecular complexity index is 559. The van der Waals surface area contributed by atoms with Gasteiger partial charge in [0.15, 0.2) is 5.11 Å². The van der Waals surface area contributed by atoms with Crippen LogP contribution in [0.2, 0.25) is 0 Å². The van der Waals surface area contributed by atoms with Crippen LogP contribution in [-0.2, 0) is 9.53 Å². The average molecular weight is 365 g/mol. The van der Waals surface area contributed by atoms with Crippen LogP contribution in [0.1, 0.15) is 44.9 Å². The minimum Gasteiger partial charge on any atom is -0.491 e. The average Bonchev–Trinajstić information content (AvgIpc) is 2.61. The Labute approximate surface area is 155 Å². The molecule has 138 valence electrons. The third-order valence-corrected chi connectivity index (χ3v) is 4.61. The topological polar surface area (TPSA) is 59.6 Å². The van der Waals surface area contributed by atoms with Crippen molar-refractivity contribution in [3.05, 3.63) is 24.3 Å². The summed E-state index contributed by atoms with van der Waals surface area (Å²) in [5, 5.41) is 6.11. The summed E-state index contributed by atoms with van der Waals surface area (Å²) < 4.78 is 10.5. The molecule has 0 saturated heterocycles. The summed E-state index contributed by atoms with van der Waals surface area (Å²) in [5.74, 6) is 1.41. The summed E-state index contributed by atoms with van der Waals surface area (Å²) >= 11 is 5.23. The predicted molar refractivity (Wildman–Crippen MR) is 104 cm³/mol. The molecule has 0 atom stereocenters. The molecule has 1 fully saturated rings. The van der Waals surface area contributed by atoms with Crippen LogP contribution in [0.5, 0.6) is 5.75 Å². The second kappa shape index (κ2) is 11.1. The van der Waals surface area contributed by atoms with Crippen LogP contribution in [0.4, 0.5) is 5.69 Å². The molecule has 25 heavy (non-hydrogen) atoms. The van der Waals surface area contributed by atoms with Crippen molar-refractivity contribution in [1.82, 2.24) is 5.32 Å². The maximum atomic E-state index is 12.1. The number of ether oxygens (including phenoxy) is 2. The number of hydrogen-bond acceptors (Lipinski definition) is 4. The Hall–Kier alpha value is -1.66. The summed E-state index contributed by atoms with van der Waals surface area (Å²) in [6, 6.07) is 7.46. The Morgan fingerprint density at radius 3 is 2.80 bits per heavy atom. The van der Waals surface area contributed by atoms with Gasteiger partial charge < -0.3 is 20.1 Å². The highest BCUT2D eigenvalue weighted by atomic mass is 32.1. The van der Waals surface area contributed by atoms with E-state index >= 15 is 0 Å². The fraction of sp³-hybridized carbons (Fsp3) is 0.579. The van der Waals surface area contributed by atoms with E-state index in [0.29, 0.717) is 30.7 Å². The fourth-order valence-corrected chi connectivity index (χ4v) is 3.30. The summed E-state index contributed by atoms with van der Waals surface area (Å²) in [6.45, 7) is 1.02. The molecule has 1 aromatic rings.